The Hall–Kier alpha value is -1.91. The van der Waals surface area contributed by atoms with E-state index in [4.69, 9.17) is 0 Å². The maximum atomic E-state index is 12.2. The second-order valence-electron chi connectivity index (χ2n) is 5.15. The molecule has 0 spiro atoms. The third-order valence-corrected chi connectivity index (χ3v) is 3.54. The molecule has 0 radical (unpaired) electrons. The minimum absolute atomic E-state index is 0.0131. The summed E-state index contributed by atoms with van der Waals surface area (Å²) in [5.41, 5.74) is 0.525. The lowest BCUT2D eigenvalue weighted by atomic mass is 9.99. The Morgan fingerprint density at radius 2 is 2.21 bits per heavy atom. The molecule has 1 aromatic carbocycles. The van der Waals surface area contributed by atoms with Crippen LogP contribution in [0.4, 0.5) is 5.69 Å². The smallest absolute Gasteiger partial charge is 0.273 e. The van der Waals surface area contributed by atoms with Crippen molar-refractivity contribution in [3.63, 3.8) is 0 Å². The van der Waals surface area contributed by atoms with E-state index in [9.17, 15) is 14.9 Å². The van der Waals surface area contributed by atoms with Crippen LogP contribution in [-0.4, -0.2) is 28.8 Å². The molecule has 1 aliphatic rings. The second kappa shape index (κ2) is 5.82. The zero-order chi connectivity index (χ0) is 13.8. The van der Waals surface area contributed by atoms with Crippen LogP contribution in [0.25, 0.3) is 0 Å². The molecule has 1 unspecified atom stereocenters. The lowest BCUT2D eigenvalue weighted by Gasteiger charge is -2.31. The average molecular weight is 262 g/mol. The van der Waals surface area contributed by atoms with Crippen LogP contribution in [0.3, 0.4) is 0 Å². The molecule has 102 valence electrons. The van der Waals surface area contributed by atoms with Crippen LogP contribution in [0.5, 0.6) is 0 Å². The number of carbonyl (C=O) groups is 1. The van der Waals surface area contributed by atoms with Crippen LogP contribution in [0.2, 0.25) is 0 Å². The van der Waals surface area contributed by atoms with Crippen LogP contribution < -0.4 is 0 Å². The highest BCUT2D eigenvalue weighted by Gasteiger charge is 2.23. The Labute approximate surface area is 112 Å². The van der Waals surface area contributed by atoms with Crippen molar-refractivity contribution in [2.24, 2.45) is 5.92 Å². The molecule has 1 fully saturated rings. The van der Waals surface area contributed by atoms with Gasteiger partial charge in [-0.1, -0.05) is 25.1 Å². The van der Waals surface area contributed by atoms with Crippen molar-refractivity contribution >= 4 is 11.6 Å². The van der Waals surface area contributed by atoms with Crippen molar-refractivity contribution in [3.8, 4) is 0 Å². The molecule has 1 amide bonds. The van der Waals surface area contributed by atoms with Gasteiger partial charge in [0.15, 0.2) is 0 Å². The first-order chi connectivity index (χ1) is 9.08. The van der Waals surface area contributed by atoms with E-state index in [1.807, 2.05) is 4.90 Å². The van der Waals surface area contributed by atoms with Crippen molar-refractivity contribution < 1.29 is 9.72 Å². The quantitative estimate of drug-likeness (QED) is 0.620. The van der Waals surface area contributed by atoms with Gasteiger partial charge in [-0.15, -0.1) is 0 Å². The normalized spacial score (nSPS) is 19.2. The van der Waals surface area contributed by atoms with Crippen molar-refractivity contribution in [2.75, 3.05) is 13.1 Å². The maximum Gasteiger partial charge on any atom is 0.273 e. The summed E-state index contributed by atoms with van der Waals surface area (Å²) in [4.78, 5) is 24.5. The summed E-state index contributed by atoms with van der Waals surface area (Å²) in [7, 11) is 0. The number of carbonyl (C=O) groups excluding carboxylic acids is 1. The van der Waals surface area contributed by atoms with Gasteiger partial charge in [0, 0.05) is 24.7 Å². The van der Waals surface area contributed by atoms with E-state index in [0.29, 0.717) is 11.5 Å². The minimum Gasteiger partial charge on any atom is -0.342 e. The zero-order valence-corrected chi connectivity index (χ0v) is 11.0. The van der Waals surface area contributed by atoms with E-state index < -0.39 is 4.92 Å². The summed E-state index contributed by atoms with van der Waals surface area (Å²) < 4.78 is 0. The molecule has 1 atom stereocenters. The van der Waals surface area contributed by atoms with Gasteiger partial charge in [-0.25, -0.2) is 0 Å². The molecule has 1 aliphatic heterocycles. The molecule has 2 rings (SSSR count). The van der Waals surface area contributed by atoms with Gasteiger partial charge in [-0.3, -0.25) is 14.9 Å². The third kappa shape index (κ3) is 3.30. The number of benzene rings is 1. The van der Waals surface area contributed by atoms with E-state index >= 15 is 0 Å². The number of nitrogens with zero attached hydrogens (tertiary/aromatic N) is 2. The van der Waals surface area contributed by atoms with E-state index in [2.05, 4.69) is 6.92 Å². The van der Waals surface area contributed by atoms with Crippen LogP contribution in [0.15, 0.2) is 24.3 Å². The van der Waals surface area contributed by atoms with Crippen molar-refractivity contribution in [1.29, 1.82) is 0 Å². The predicted molar refractivity (Wildman–Crippen MR) is 71.8 cm³/mol. The van der Waals surface area contributed by atoms with E-state index in [1.54, 1.807) is 18.2 Å². The monoisotopic (exact) mass is 262 g/mol. The fourth-order valence-corrected chi connectivity index (χ4v) is 2.53. The molecular weight excluding hydrogens is 244 g/mol. The standard InChI is InChI=1S/C14H18N2O3/c1-11-5-4-8-15(10-11)14(17)9-12-6-2-3-7-13(12)16(18)19/h2-3,6-7,11H,4-5,8-10H2,1H3. The number of para-hydroxylation sites is 1. The number of piperidine rings is 1. The van der Waals surface area contributed by atoms with Gasteiger partial charge in [0.25, 0.3) is 5.69 Å². The number of nitro groups is 1. The van der Waals surface area contributed by atoms with Gasteiger partial charge in [-0.05, 0) is 18.8 Å². The van der Waals surface area contributed by atoms with Crippen LogP contribution >= 0.6 is 0 Å². The summed E-state index contributed by atoms with van der Waals surface area (Å²) >= 11 is 0. The van der Waals surface area contributed by atoms with Crippen LogP contribution in [0, 0.1) is 16.0 Å². The Bertz CT molecular complexity index is 487. The first kappa shape index (κ1) is 13.5. The Morgan fingerprint density at radius 1 is 1.47 bits per heavy atom. The second-order valence-corrected chi connectivity index (χ2v) is 5.15. The zero-order valence-electron chi connectivity index (χ0n) is 11.0. The predicted octanol–water partition coefficient (Wildman–Crippen LogP) is 2.40. The molecule has 0 saturated carbocycles. The van der Waals surface area contributed by atoms with Gasteiger partial charge in [0.05, 0.1) is 11.3 Å². The molecule has 1 saturated heterocycles. The number of amides is 1. The number of likely N-dealkylation sites (tertiary alicyclic amines) is 1. The first-order valence-electron chi connectivity index (χ1n) is 6.58. The molecule has 0 aliphatic carbocycles. The lowest BCUT2D eigenvalue weighted by Crippen LogP contribution is -2.40. The first-order valence-corrected chi connectivity index (χ1v) is 6.58. The topological polar surface area (TPSA) is 63.5 Å². The lowest BCUT2D eigenvalue weighted by molar-refractivity contribution is -0.385. The summed E-state index contributed by atoms with van der Waals surface area (Å²) in [5.74, 6) is 0.504. The van der Waals surface area contributed by atoms with E-state index in [0.717, 1.165) is 25.9 Å². The molecular formula is C14H18N2O3. The van der Waals surface area contributed by atoms with Crippen molar-refractivity contribution in [3.05, 3.63) is 39.9 Å². The van der Waals surface area contributed by atoms with Gasteiger partial charge < -0.3 is 4.90 Å². The van der Waals surface area contributed by atoms with Gasteiger partial charge in [0.1, 0.15) is 0 Å². The molecule has 5 heteroatoms. The van der Waals surface area contributed by atoms with E-state index in [1.165, 1.54) is 6.07 Å². The highest BCUT2D eigenvalue weighted by molar-refractivity contribution is 5.80. The van der Waals surface area contributed by atoms with Gasteiger partial charge in [0.2, 0.25) is 5.91 Å². The Balaban J connectivity index is 2.08. The summed E-state index contributed by atoms with van der Waals surface area (Å²) in [5, 5.41) is 10.9. The molecule has 19 heavy (non-hydrogen) atoms. The third-order valence-electron chi connectivity index (χ3n) is 3.54. The highest BCUT2D eigenvalue weighted by Crippen LogP contribution is 2.21. The van der Waals surface area contributed by atoms with Crippen LogP contribution in [0.1, 0.15) is 25.3 Å². The van der Waals surface area contributed by atoms with Gasteiger partial charge in [-0.2, -0.15) is 0 Å². The molecule has 0 aromatic heterocycles. The van der Waals surface area contributed by atoms with E-state index in [-0.39, 0.29) is 18.0 Å². The average Bonchev–Trinajstić information content (AvgIpc) is 2.39. The molecule has 5 nitrogen and oxygen atoms in total. The SMILES string of the molecule is CC1CCCN(C(=O)Cc2ccccc2[N+](=O)[O-])C1. The molecule has 0 N–H and O–H groups in total. The maximum absolute atomic E-state index is 12.2. The Morgan fingerprint density at radius 3 is 2.89 bits per heavy atom. The summed E-state index contributed by atoms with van der Waals surface area (Å²) in [6, 6.07) is 6.45. The molecule has 1 aromatic rings. The highest BCUT2D eigenvalue weighted by atomic mass is 16.6. The number of hydrogen-bond donors (Lipinski definition) is 0. The molecule has 1 heterocycles. The number of rotatable bonds is 3. The van der Waals surface area contributed by atoms with Crippen molar-refractivity contribution in [2.45, 2.75) is 26.2 Å². The molecule has 0 bridgehead atoms. The largest absolute Gasteiger partial charge is 0.342 e. The van der Waals surface area contributed by atoms with Crippen molar-refractivity contribution in [1.82, 2.24) is 4.90 Å². The summed E-state index contributed by atoms with van der Waals surface area (Å²) in [6.45, 7) is 3.66. The van der Waals surface area contributed by atoms with Gasteiger partial charge >= 0.3 is 0 Å². The Kier molecular flexibility index (Phi) is 4.14. The number of hydrogen-bond acceptors (Lipinski definition) is 3. The fraction of sp³-hybridized carbons (Fsp3) is 0.500. The number of nitro benzene ring substituents is 1. The summed E-state index contributed by atoms with van der Waals surface area (Å²) in [6.07, 6.45) is 2.28. The fourth-order valence-electron chi connectivity index (χ4n) is 2.53. The van der Waals surface area contributed by atoms with Crippen LogP contribution in [-0.2, 0) is 11.2 Å². The minimum atomic E-state index is -0.429.